The lowest BCUT2D eigenvalue weighted by molar-refractivity contribution is -0.384. The molecule has 0 radical (unpaired) electrons. The van der Waals surface area contributed by atoms with E-state index in [-0.39, 0.29) is 17.0 Å². The maximum Gasteiger partial charge on any atom is 0.288 e. The van der Waals surface area contributed by atoms with E-state index in [0.29, 0.717) is 12.1 Å². The van der Waals surface area contributed by atoms with Gasteiger partial charge in [0.2, 0.25) is 5.91 Å². The Morgan fingerprint density at radius 3 is 2.44 bits per heavy atom. The average molecular weight is 570 g/mol. The third kappa shape index (κ3) is 4.49. The van der Waals surface area contributed by atoms with Gasteiger partial charge in [0.15, 0.2) is 0 Å². The predicted octanol–water partition coefficient (Wildman–Crippen LogP) is 4.82. The van der Waals surface area contributed by atoms with E-state index in [4.69, 9.17) is 11.6 Å². The molecule has 0 bridgehead atoms. The highest BCUT2D eigenvalue weighted by atomic mass is 127. The quantitative estimate of drug-likeness (QED) is 0.215. The van der Waals surface area contributed by atoms with Crippen LogP contribution in [0.15, 0.2) is 42.5 Å². The Kier molecular flexibility index (Phi) is 6.89. The summed E-state index contributed by atoms with van der Waals surface area (Å²) in [4.78, 5) is 52.8. The first-order valence-corrected chi connectivity index (χ1v) is 11.3. The molecule has 1 aliphatic heterocycles. The molecule has 1 fully saturated rings. The number of anilines is 1. The lowest BCUT2D eigenvalue weighted by Crippen LogP contribution is -2.55. The summed E-state index contributed by atoms with van der Waals surface area (Å²) >= 11 is 8.01. The Balaban J connectivity index is 2.03. The molecule has 1 atom stereocenters. The molecule has 0 N–H and O–H groups in total. The maximum atomic E-state index is 13.5. The molecular weight excluding hydrogens is 549 g/mol. The van der Waals surface area contributed by atoms with Crippen LogP contribution in [0.2, 0.25) is 5.02 Å². The molecule has 1 unspecified atom stereocenters. The van der Waals surface area contributed by atoms with Crippen LogP contribution in [0.1, 0.15) is 44.0 Å². The summed E-state index contributed by atoms with van der Waals surface area (Å²) in [6.45, 7) is 5.45. The van der Waals surface area contributed by atoms with Crippen molar-refractivity contribution in [2.75, 3.05) is 4.90 Å². The van der Waals surface area contributed by atoms with Gasteiger partial charge < -0.3 is 4.90 Å². The fourth-order valence-corrected chi connectivity index (χ4v) is 4.16. The minimum absolute atomic E-state index is 0.0237. The van der Waals surface area contributed by atoms with Gasteiger partial charge >= 0.3 is 0 Å². The van der Waals surface area contributed by atoms with E-state index in [1.165, 1.54) is 17.0 Å². The molecule has 2 aromatic carbocycles. The van der Waals surface area contributed by atoms with Crippen LogP contribution in [0, 0.1) is 13.7 Å². The molecule has 10 heteroatoms. The van der Waals surface area contributed by atoms with E-state index in [0.717, 1.165) is 14.5 Å². The third-order valence-corrected chi connectivity index (χ3v) is 6.68. The number of hydrogen-bond donors (Lipinski definition) is 0. The first-order valence-electron chi connectivity index (χ1n) is 9.88. The second-order valence-electron chi connectivity index (χ2n) is 8.03. The number of imide groups is 1. The topological polar surface area (TPSA) is 101 Å². The van der Waals surface area contributed by atoms with Crippen molar-refractivity contribution in [3.63, 3.8) is 0 Å². The van der Waals surface area contributed by atoms with E-state index in [1.807, 2.05) is 6.92 Å². The number of nitro groups is 1. The van der Waals surface area contributed by atoms with Gasteiger partial charge in [0.25, 0.3) is 17.5 Å². The van der Waals surface area contributed by atoms with Gasteiger partial charge in [0.1, 0.15) is 11.1 Å². The summed E-state index contributed by atoms with van der Waals surface area (Å²) in [5, 5.41) is 11.2. The normalized spacial score (nSPS) is 16.4. The van der Waals surface area contributed by atoms with Crippen molar-refractivity contribution >= 4 is 63.3 Å². The van der Waals surface area contributed by atoms with Crippen molar-refractivity contribution < 1.29 is 19.3 Å². The molecule has 2 aromatic rings. The lowest BCUT2D eigenvalue weighted by atomic mass is 9.94. The van der Waals surface area contributed by atoms with Crippen LogP contribution in [0.3, 0.4) is 0 Å². The lowest BCUT2D eigenvalue weighted by Gasteiger charge is -2.41. The zero-order valence-electron chi connectivity index (χ0n) is 17.7. The number of amides is 3. The van der Waals surface area contributed by atoms with Crippen LogP contribution >= 0.6 is 34.2 Å². The van der Waals surface area contributed by atoms with Crippen LogP contribution in [-0.2, 0) is 9.59 Å². The molecule has 3 amide bonds. The second-order valence-corrected chi connectivity index (χ2v) is 9.68. The minimum atomic E-state index is -1.03. The first kappa shape index (κ1) is 24.1. The fourth-order valence-electron chi connectivity index (χ4n) is 3.61. The number of carbonyl (C=O) groups excluding carboxylic acids is 3. The number of carbonyl (C=O) groups is 3. The van der Waals surface area contributed by atoms with Crippen molar-refractivity contribution in [2.45, 2.75) is 45.2 Å². The Hall–Kier alpha value is -2.53. The summed E-state index contributed by atoms with van der Waals surface area (Å²) < 4.78 is 0.954. The maximum absolute atomic E-state index is 13.5. The van der Waals surface area contributed by atoms with Crippen LogP contribution in [-0.4, -0.2) is 39.1 Å². The number of rotatable bonds is 6. The van der Waals surface area contributed by atoms with Crippen molar-refractivity contribution in [3.8, 4) is 0 Å². The summed E-state index contributed by atoms with van der Waals surface area (Å²) in [6, 6.07) is 9.67. The van der Waals surface area contributed by atoms with Crippen LogP contribution < -0.4 is 4.90 Å². The van der Waals surface area contributed by atoms with Gasteiger partial charge in [-0.3, -0.25) is 24.5 Å². The molecule has 0 saturated carbocycles. The SMILES string of the molecule is CCC(C)(C)N(C(=O)c1ccc(Cl)c([N+](=O)[O-])c1)C1CC(=O)N(c2ccc(I)cc2)C1=O. The van der Waals surface area contributed by atoms with Gasteiger partial charge in [-0.2, -0.15) is 0 Å². The zero-order chi connectivity index (χ0) is 23.8. The minimum Gasteiger partial charge on any atom is -0.321 e. The zero-order valence-corrected chi connectivity index (χ0v) is 20.6. The summed E-state index contributed by atoms with van der Waals surface area (Å²) in [5.74, 6) is -1.49. The molecule has 1 aliphatic rings. The van der Waals surface area contributed by atoms with Crippen molar-refractivity contribution in [1.82, 2.24) is 4.90 Å². The molecule has 0 aromatic heterocycles. The molecule has 0 aliphatic carbocycles. The number of nitro benzene ring substituents is 1. The predicted molar refractivity (Wildman–Crippen MR) is 129 cm³/mol. The van der Waals surface area contributed by atoms with Crippen LogP contribution in [0.25, 0.3) is 0 Å². The second kappa shape index (κ2) is 9.14. The largest absolute Gasteiger partial charge is 0.321 e. The molecule has 1 heterocycles. The highest BCUT2D eigenvalue weighted by Gasteiger charge is 2.48. The molecule has 8 nitrogen and oxygen atoms in total. The van der Waals surface area contributed by atoms with E-state index in [2.05, 4.69) is 22.6 Å². The first-order chi connectivity index (χ1) is 15.0. The smallest absolute Gasteiger partial charge is 0.288 e. The highest BCUT2D eigenvalue weighted by molar-refractivity contribution is 14.1. The van der Waals surface area contributed by atoms with Gasteiger partial charge in [0, 0.05) is 20.7 Å². The molecule has 3 rings (SSSR count). The Labute approximate surface area is 203 Å². The molecule has 0 spiro atoms. The molecular formula is C22H21ClIN3O5. The van der Waals surface area contributed by atoms with Gasteiger partial charge in [-0.15, -0.1) is 0 Å². The van der Waals surface area contributed by atoms with E-state index < -0.39 is 39.9 Å². The standard InChI is InChI=1S/C22H21ClIN3O5/c1-4-22(2,3)26(20(29)13-5-10-16(23)17(11-13)27(31)32)18-12-19(28)25(21(18)30)15-8-6-14(24)7-9-15/h5-11,18H,4,12H2,1-3H3. The molecule has 168 valence electrons. The van der Waals surface area contributed by atoms with Crippen LogP contribution in [0.5, 0.6) is 0 Å². The van der Waals surface area contributed by atoms with E-state index in [9.17, 15) is 24.5 Å². The number of nitrogens with zero attached hydrogens (tertiary/aromatic N) is 3. The third-order valence-electron chi connectivity index (χ3n) is 5.65. The van der Waals surface area contributed by atoms with Gasteiger partial charge in [0.05, 0.1) is 17.0 Å². The Bertz CT molecular complexity index is 1100. The van der Waals surface area contributed by atoms with Gasteiger partial charge in [-0.25, -0.2) is 4.90 Å². The van der Waals surface area contributed by atoms with E-state index >= 15 is 0 Å². The van der Waals surface area contributed by atoms with Crippen molar-refractivity contribution in [1.29, 1.82) is 0 Å². The van der Waals surface area contributed by atoms with Crippen LogP contribution in [0.4, 0.5) is 11.4 Å². The molecule has 32 heavy (non-hydrogen) atoms. The fraction of sp³-hybridized carbons (Fsp3) is 0.318. The highest BCUT2D eigenvalue weighted by Crippen LogP contribution is 2.34. The Morgan fingerprint density at radius 2 is 1.88 bits per heavy atom. The average Bonchev–Trinajstić information content (AvgIpc) is 3.02. The number of hydrogen-bond acceptors (Lipinski definition) is 5. The Morgan fingerprint density at radius 1 is 1.25 bits per heavy atom. The summed E-state index contributed by atoms with van der Waals surface area (Å²) in [6.07, 6.45) is 0.325. The number of benzene rings is 2. The molecule has 1 saturated heterocycles. The van der Waals surface area contributed by atoms with Gasteiger partial charge in [-0.1, -0.05) is 18.5 Å². The van der Waals surface area contributed by atoms with Gasteiger partial charge in [-0.05, 0) is 79.3 Å². The van der Waals surface area contributed by atoms with Crippen molar-refractivity contribution in [2.24, 2.45) is 0 Å². The number of halogens is 2. The van der Waals surface area contributed by atoms with E-state index in [1.54, 1.807) is 38.1 Å². The summed E-state index contributed by atoms with van der Waals surface area (Å²) in [7, 11) is 0. The van der Waals surface area contributed by atoms with Crippen molar-refractivity contribution in [3.05, 3.63) is 66.7 Å². The monoisotopic (exact) mass is 569 g/mol. The summed E-state index contributed by atoms with van der Waals surface area (Å²) in [5.41, 5.74) is -0.739.